The second-order valence-corrected chi connectivity index (χ2v) is 1.72. The highest BCUT2D eigenvalue weighted by Crippen LogP contribution is 2.17. The molecule has 1 aliphatic rings. The van der Waals surface area contributed by atoms with Gasteiger partial charge >= 0.3 is 0 Å². The summed E-state index contributed by atoms with van der Waals surface area (Å²) < 4.78 is 0. The van der Waals surface area contributed by atoms with Crippen LogP contribution in [0.4, 0.5) is 0 Å². The van der Waals surface area contributed by atoms with Gasteiger partial charge in [0.05, 0.1) is 0 Å². The summed E-state index contributed by atoms with van der Waals surface area (Å²) in [6.45, 7) is 0. The molecule has 0 atom stereocenters. The average molecular weight is 100 g/mol. The van der Waals surface area contributed by atoms with Gasteiger partial charge in [-0.1, -0.05) is 12.2 Å². The van der Waals surface area contributed by atoms with Crippen molar-refractivity contribution < 1.29 is 0 Å². The Bertz CT molecular complexity index is 58.6. The molecule has 1 saturated carbocycles. The van der Waals surface area contributed by atoms with E-state index in [0.717, 1.165) is 0 Å². The monoisotopic (exact) mass is 100 g/mol. The van der Waals surface area contributed by atoms with Gasteiger partial charge in [-0.15, -0.1) is 0 Å². The van der Waals surface area contributed by atoms with Gasteiger partial charge in [0.25, 0.3) is 0 Å². The molecule has 0 bridgehead atoms. The molecule has 1 rings (SSSR count). The van der Waals surface area contributed by atoms with Gasteiger partial charge in [0.15, 0.2) is 0 Å². The fourth-order valence-corrected chi connectivity index (χ4v) is 0.478. The van der Waals surface area contributed by atoms with Gasteiger partial charge < -0.3 is 5.32 Å². The molecule has 2 heteroatoms. The first-order chi connectivity index (χ1) is 2.93. The topological polar surface area (TPSA) is 12.0 Å². The Morgan fingerprint density at radius 3 is 2.50 bits per heavy atom. The largest absolute Gasteiger partial charge is 0.371 e. The third-order valence-corrected chi connectivity index (χ3v) is 0.958. The van der Waals surface area contributed by atoms with Gasteiger partial charge in [0.2, 0.25) is 0 Å². The first-order valence-corrected chi connectivity index (χ1v) is 2.47. The predicted octanol–water partition coefficient (Wildman–Crippen LogP) is 0.573. The van der Waals surface area contributed by atoms with E-state index >= 15 is 0 Å². The molecule has 1 fully saturated rings. The summed E-state index contributed by atoms with van der Waals surface area (Å²) in [7, 11) is 0. The zero-order valence-corrected chi connectivity index (χ0v) is 4.22. The molecule has 1 radical (unpaired) electrons. The predicted molar refractivity (Wildman–Crippen MR) is 28.8 cm³/mol. The van der Waals surface area contributed by atoms with E-state index in [0.29, 0.717) is 6.04 Å². The van der Waals surface area contributed by atoms with Crippen LogP contribution in [0.15, 0.2) is 0 Å². The molecule has 33 valence electrons. The summed E-state index contributed by atoms with van der Waals surface area (Å²) >= 11 is 4.41. The normalized spacial score (nSPS) is 20.0. The molecule has 0 saturated heterocycles. The highest BCUT2D eigenvalue weighted by Gasteiger charge is 2.18. The molecule has 0 aromatic heterocycles. The van der Waals surface area contributed by atoms with Crippen molar-refractivity contribution in [1.29, 1.82) is 0 Å². The first kappa shape index (κ1) is 4.06. The molecule has 1 aliphatic carbocycles. The van der Waals surface area contributed by atoms with Crippen LogP contribution in [0.25, 0.3) is 0 Å². The Hall–Kier alpha value is -0.110. The van der Waals surface area contributed by atoms with E-state index in [1.807, 2.05) is 0 Å². The molecule has 0 heterocycles. The molecular formula is C4H6NS. The fourth-order valence-electron chi connectivity index (χ4n) is 0.311. The minimum atomic E-state index is 0.683. The van der Waals surface area contributed by atoms with E-state index in [-0.39, 0.29) is 0 Å². The molecule has 0 aromatic carbocycles. The fraction of sp³-hybridized carbons (Fsp3) is 0.750. The van der Waals surface area contributed by atoms with E-state index in [2.05, 4.69) is 23.0 Å². The van der Waals surface area contributed by atoms with Crippen molar-refractivity contribution >= 4 is 17.7 Å². The quantitative estimate of drug-likeness (QED) is 0.402. The van der Waals surface area contributed by atoms with Gasteiger partial charge in [-0.05, 0) is 12.8 Å². The summed E-state index contributed by atoms with van der Waals surface area (Å²) in [6, 6.07) is 0.683. The zero-order chi connectivity index (χ0) is 4.41. The Morgan fingerprint density at radius 1 is 1.67 bits per heavy atom. The minimum absolute atomic E-state index is 0.683. The van der Waals surface area contributed by atoms with Crippen molar-refractivity contribution in [3.63, 3.8) is 0 Å². The van der Waals surface area contributed by atoms with Crippen LogP contribution in [0.1, 0.15) is 12.8 Å². The smallest absolute Gasteiger partial charge is 0.134 e. The van der Waals surface area contributed by atoms with E-state index in [4.69, 9.17) is 0 Å². The molecule has 0 amide bonds. The third kappa shape index (κ3) is 0.937. The maximum absolute atomic E-state index is 4.41. The van der Waals surface area contributed by atoms with E-state index in [9.17, 15) is 0 Å². The second kappa shape index (κ2) is 1.56. The van der Waals surface area contributed by atoms with Crippen LogP contribution >= 0.6 is 12.2 Å². The average Bonchev–Trinajstić information content (AvgIpc) is 2.21. The van der Waals surface area contributed by atoms with Gasteiger partial charge in [0, 0.05) is 6.04 Å². The third-order valence-electron chi connectivity index (χ3n) is 0.840. The number of rotatable bonds is 2. The standard InChI is InChI=1S/C4H6NS/c6-3-5-4-1-2-4/h4H,1-2H2,(H,5,6). The van der Waals surface area contributed by atoms with Crippen LogP contribution in [-0.2, 0) is 0 Å². The van der Waals surface area contributed by atoms with Gasteiger partial charge in [0.1, 0.15) is 5.49 Å². The highest BCUT2D eigenvalue weighted by molar-refractivity contribution is 7.78. The van der Waals surface area contributed by atoms with Crippen LogP contribution in [0.5, 0.6) is 0 Å². The highest BCUT2D eigenvalue weighted by atomic mass is 32.1. The summed E-state index contributed by atoms with van der Waals surface area (Å²) in [4.78, 5) is 0. The van der Waals surface area contributed by atoms with Crippen LogP contribution in [0.3, 0.4) is 0 Å². The molecule has 0 spiro atoms. The van der Waals surface area contributed by atoms with Crippen molar-refractivity contribution in [3.05, 3.63) is 0 Å². The van der Waals surface area contributed by atoms with Crippen LogP contribution in [-0.4, -0.2) is 11.5 Å². The van der Waals surface area contributed by atoms with Gasteiger partial charge in [-0.2, -0.15) is 0 Å². The van der Waals surface area contributed by atoms with Crippen LogP contribution < -0.4 is 5.32 Å². The Morgan fingerprint density at radius 2 is 2.33 bits per heavy atom. The van der Waals surface area contributed by atoms with Crippen molar-refractivity contribution in [2.24, 2.45) is 0 Å². The van der Waals surface area contributed by atoms with Crippen LogP contribution in [0.2, 0.25) is 0 Å². The lowest BCUT2D eigenvalue weighted by Gasteiger charge is -1.83. The number of hydrogen-bond acceptors (Lipinski definition) is 1. The van der Waals surface area contributed by atoms with Gasteiger partial charge in [-0.3, -0.25) is 0 Å². The Balaban J connectivity index is 2.00. The van der Waals surface area contributed by atoms with E-state index < -0.39 is 0 Å². The second-order valence-electron chi connectivity index (χ2n) is 1.52. The summed E-state index contributed by atoms with van der Waals surface area (Å²) in [6.07, 6.45) is 2.56. The number of thiocarbonyl (C=S) groups is 1. The Kier molecular flexibility index (Phi) is 1.05. The van der Waals surface area contributed by atoms with Crippen molar-refractivity contribution in [2.75, 3.05) is 0 Å². The first-order valence-electron chi connectivity index (χ1n) is 2.06. The molecule has 1 nitrogen and oxygen atoms in total. The van der Waals surface area contributed by atoms with E-state index in [1.165, 1.54) is 12.8 Å². The molecule has 6 heavy (non-hydrogen) atoms. The zero-order valence-electron chi connectivity index (χ0n) is 3.40. The van der Waals surface area contributed by atoms with Gasteiger partial charge in [-0.25, -0.2) is 0 Å². The maximum Gasteiger partial charge on any atom is 0.134 e. The van der Waals surface area contributed by atoms with Crippen LogP contribution in [0, 0.1) is 0 Å². The lowest BCUT2D eigenvalue weighted by Crippen LogP contribution is -2.10. The van der Waals surface area contributed by atoms with Crippen molar-refractivity contribution in [2.45, 2.75) is 18.9 Å². The maximum atomic E-state index is 4.41. The number of nitrogens with one attached hydrogen (secondary N) is 1. The Labute approximate surface area is 42.7 Å². The minimum Gasteiger partial charge on any atom is -0.371 e. The summed E-state index contributed by atoms with van der Waals surface area (Å²) in [5.74, 6) is 0. The summed E-state index contributed by atoms with van der Waals surface area (Å²) in [5, 5.41) is 2.88. The van der Waals surface area contributed by atoms with Crippen molar-refractivity contribution in [1.82, 2.24) is 5.32 Å². The van der Waals surface area contributed by atoms with E-state index in [1.54, 1.807) is 0 Å². The molecule has 0 aromatic rings. The van der Waals surface area contributed by atoms with Crippen molar-refractivity contribution in [3.8, 4) is 0 Å². The number of hydrogen-bond donors (Lipinski definition) is 1. The molecule has 1 N–H and O–H groups in total. The summed E-state index contributed by atoms with van der Waals surface area (Å²) in [5.41, 5.74) is 2.46. The lowest BCUT2D eigenvalue weighted by atomic mass is 10.7. The SMILES string of the molecule is S=[C]NC1CC1. The molecular weight excluding hydrogens is 94.1 g/mol. The lowest BCUT2D eigenvalue weighted by molar-refractivity contribution is 0.938. The molecule has 0 aliphatic heterocycles. The molecule has 0 unspecified atom stereocenters.